The molecule has 0 spiro atoms. The van der Waals surface area contributed by atoms with Gasteiger partial charge in [0, 0.05) is 23.0 Å². The van der Waals surface area contributed by atoms with Crippen molar-refractivity contribution >= 4 is 23.4 Å². The van der Waals surface area contributed by atoms with E-state index in [0.29, 0.717) is 47.1 Å². The zero-order chi connectivity index (χ0) is 23.5. The third-order valence-electron chi connectivity index (χ3n) is 5.21. The summed E-state index contributed by atoms with van der Waals surface area (Å²) in [5.74, 6) is 1.34. The molecule has 1 atom stereocenters. The molecule has 1 aliphatic heterocycles. The number of amides is 1. The predicted molar refractivity (Wildman–Crippen MR) is 128 cm³/mol. The van der Waals surface area contributed by atoms with Crippen LogP contribution in [0.4, 0.5) is 10.1 Å². The van der Waals surface area contributed by atoms with Crippen molar-refractivity contribution in [1.29, 1.82) is 0 Å². The Morgan fingerprint density at radius 3 is 2.50 bits per heavy atom. The van der Waals surface area contributed by atoms with Crippen LogP contribution in [0.3, 0.4) is 0 Å². The van der Waals surface area contributed by atoms with Crippen molar-refractivity contribution in [3.63, 3.8) is 0 Å². The van der Waals surface area contributed by atoms with Gasteiger partial charge in [-0.3, -0.25) is 9.36 Å². The molecule has 2 heterocycles. The number of benzene rings is 3. The van der Waals surface area contributed by atoms with Crippen molar-refractivity contribution in [3.8, 4) is 28.6 Å². The third kappa shape index (κ3) is 4.60. The highest BCUT2D eigenvalue weighted by Crippen LogP contribution is 2.34. The van der Waals surface area contributed by atoms with E-state index in [1.807, 2.05) is 34.9 Å². The summed E-state index contributed by atoms with van der Waals surface area (Å²) in [6, 6.07) is 21.0. The fourth-order valence-electron chi connectivity index (χ4n) is 3.52. The summed E-state index contributed by atoms with van der Waals surface area (Å²) in [5, 5.41) is 11.7. The average molecular weight is 477 g/mol. The molecule has 0 bridgehead atoms. The summed E-state index contributed by atoms with van der Waals surface area (Å²) in [4.78, 5) is 12.9. The minimum Gasteiger partial charge on any atom is -0.486 e. The van der Waals surface area contributed by atoms with Gasteiger partial charge in [-0.25, -0.2) is 4.39 Å². The molecule has 0 saturated heterocycles. The topological polar surface area (TPSA) is 78.3 Å². The number of carbonyl (C=O) groups excluding carboxylic acids is 1. The Labute approximate surface area is 199 Å². The lowest BCUT2D eigenvalue weighted by molar-refractivity contribution is -0.115. The molecule has 0 fully saturated rings. The molecule has 1 N–H and O–H groups in total. The Kier molecular flexibility index (Phi) is 6.18. The molecule has 172 valence electrons. The predicted octanol–water partition coefficient (Wildman–Crippen LogP) is 4.96. The minimum atomic E-state index is -0.486. The standard InChI is InChI=1S/C25H21FN4O3S/c1-16(24(31)27-19-9-12-21-22(15-19)33-14-13-32-21)34-25-29-28-23(17-5-3-2-4-6-17)30(25)20-10-7-18(26)8-11-20/h2-12,15-16H,13-14H2,1H3,(H,27,31). The quantitative estimate of drug-likeness (QED) is 0.396. The largest absolute Gasteiger partial charge is 0.486 e. The van der Waals surface area contributed by atoms with E-state index in [2.05, 4.69) is 15.5 Å². The van der Waals surface area contributed by atoms with Gasteiger partial charge in [-0.2, -0.15) is 0 Å². The summed E-state index contributed by atoms with van der Waals surface area (Å²) < 4.78 is 26.5. The van der Waals surface area contributed by atoms with E-state index in [9.17, 15) is 9.18 Å². The van der Waals surface area contributed by atoms with Crippen molar-refractivity contribution in [1.82, 2.24) is 14.8 Å². The highest BCUT2D eigenvalue weighted by atomic mass is 32.2. The fourth-order valence-corrected chi connectivity index (χ4v) is 4.39. The maximum absolute atomic E-state index is 13.6. The van der Waals surface area contributed by atoms with E-state index in [-0.39, 0.29) is 11.7 Å². The van der Waals surface area contributed by atoms with Gasteiger partial charge in [0.25, 0.3) is 0 Å². The molecule has 3 aromatic carbocycles. The van der Waals surface area contributed by atoms with Gasteiger partial charge in [0.15, 0.2) is 22.5 Å². The zero-order valence-corrected chi connectivity index (χ0v) is 19.1. The summed E-state index contributed by atoms with van der Waals surface area (Å²) in [7, 11) is 0. The molecule has 1 unspecified atom stereocenters. The highest BCUT2D eigenvalue weighted by Gasteiger charge is 2.22. The average Bonchev–Trinajstić information content (AvgIpc) is 3.28. The monoisotopic (exact) mass is 476 g/mol. The lowest BCUT2D eigenvalue weighted by Crippen LogP contribution is -2.23. The van der Waals surface area contributed by atoms with Crippen LogP contribution >= 0.6 is 11.8 Å². The molecule has 4 aromatic rings. The van der Waals surface area contributed by atoms with Crippen molar-refractivity contribution in [2.75, 3.05) is 18.5 Å². The first-order valence-corrected chi connectivity index (χ1v) is 11.6. The number of hydrogen-bond acceptors (Lipinski definition) is 6. The first-order chi connectivity index (χ1) is 16.6. The van der Waals surface area contributed by atoms with Crippen molar-refractivity contribution in [2.45, 2.75) is 17.3 Å². The zero-order valence-electron chi connectivity index (χ0n) is 18.3. The van der Waals surface area contributed by atoms with Crippen LogP contribution < -0.4 is 14.8 Å². The van der Waals surface area contributed by atoms with E-state index in [0.717, 1.165) is 5.56 Å². The number of nitrogens with zero attached hydrogens (tertiary/aromatic N) is 3. The molecule has 0 aliphatic carbocycles. The van der Waals surface area contributed by atoms with Gasteiger partial charge in [-0.1, -0.05) is 42.1 Å². The van der Waals surface area contributed by atoms with E-state index in [1.165, 1.54) is 23.9 Å². The number of anilines is 1. The second-order valence-electron chi connectivity index (χ2n) is 7.59. The second-order valence-corrected chi connectivity index (χ2v) is 8.90. The Morgan fingerprint density at radius 1 is 1.00 bits per heavy atom. The normalized spacial score (nSPS) is 13.4. The third-order valence-corrected chi connectivity index (χ3v) is 6.25. The van der Waals surface area contributed by atoms with Gasteiger partial charge in [0.1, 0.15) is 19.0 Å². The summed E-state index contributed by atoms with van der Waals surface area (Å²) in [6.45, 7) is 2.77. The Bertz CT molecular complexity index is 1310. The van der Waals surface area contributed by atoms with Crippen LogP contribution in [-0.2, 0) is 4.79 Å². The number of thioether (sulfide) groups is 1. The number of halogens is 1. The van der Waals surface area contributed by atoms with Gasteiger partial charge < -0.3 is 14.8 Å². The van der Waals surface area contributed by atoms with Crippen LogP contribution in [0.15, 0.2) is 78.0 Å². The van der Waals surface area contributed by atoms with Crippen LogP contribution in [0.2, 0.25) is 0 Å². The molecule has 0 saturated carbocycles. The number of hydrogen-bond donors (Lipinski definition) is 1. The Hall–Kier alpha value is -3.85. The van der Waals surface area contributed by atoms with Gasteiger partial charge in [0.05, 0.1) is 5.25 Å². The molecule has 1 amide bonds. The number of carbonyl (C=O) groups is 1. The molecule has 9 heteroatoms. The molecule has 1 aromatic heterocycles. The summed E-state index contributed by atoms with van der Waals surface area (Å²) in [6.07, 6.45) is 0. The first-order valence-electron chi connectivity index (χ1n) is 10.7. The van der Waals surface area contributed by atoms with Crippen LogP contribution in [0.5, 0.6) is 11.5 Å². The van der Waals surface area contributed by atoms with Gasteiger partial charge in [-0.05, 0) is 43.3 Å². The van der Waals surface area contributed by atoms with E-state index in [4.69, 9.17) is 9.47 Å². The van der Waals surface area contributed by atoms with Crippen LogP contribution in [-0.4, -0.2) is 39.1 Å². The molecule has 34 heavy (non-hydrogen) atoms. The Morgan fingerprint density at radius 2 is 1.74 bits per heavy atom. The lowest BCUT2D eigenvalue weighted by Gasteiger charge is -2.19. The first kappa shape index (κ1) is 22.0. The smallest absolute Gasteiger partial charge is 0.237 e. The molecule has 7 nitrogen and oxygen atoms in total. The van der Waals surface area contributed by atoms with Crippen molar-refractivity contribution in [2.24, 2.45) is 0 Å². The van der Waals surface area contributed by atoms with Gasteiger partial charge >= 0.3 is 0 Å². The molecular formula is C25H21FN4O3S. The highest BCUT2D eigenvalue weighted by molar-refractivity contribution is 8.00. The van der Waals surface area contributed by atoms with Gasteiger partial charge in [-0.15, -0.1) is 10.2 Å². The molecule has 5 rings (SSSR count). The summed E-state index contributed by atoms with van der Waals surface area (Å²) in [5.41, 5.74) is 2.18. The summed E-state index contributed by atoms with van der Waals surface area (Å²) >= 11 is 1.27. The van der Waals surface area contributed by atoms with E-state index in [1.54, 1.807) is 37.3 Å². The number of ether oxygens (including phenoxy) is 2. The lowest BCUT2D eigenvalue weighted by atomic mass is 10.2. The van der Waals surface area contributed by atoms with Crippen LogP contribution in [0, 0.1) is 5.82 Å². The van der Waals surface area contributed by atoms with E-state index >= 15 is 0 Å². The molecule has 0 radical (unpaired) electrons. The van der Waals surface area contributed by atoms with Crippen LogP contribution in [0.1, 0.15) is 6.92 Å². The molecule has 1 aliphatic rings. The molecular weight excluding hydrogens is 455 g/mol. The van der Waals surface area contributed by atoms with Gasteiger partial charge in [0.2, 0.25) is 5.91 Å². The fraction of sp³-hybridized carbons (Fsp3) is 0.160. The number of nitrogens with one attached hydrogen (secondary N) is 1. The van der Waals surface area contributed by atoms with Crippen LogP contribution in [0.25, 0.3) is 17.1 Å². The number of aromatic nitrogens is 3. The van der Waals surface area contributed by atoms with Crippen molar-refractivity contribution < 1.29 is 18.7 Å². The number of rotatable bonds is 6. The number of fused-ring (bicyclic) bond motifs is 1. The maximum Gasteiger partial charge on any atom is 0.237 e. The van der Waals surface area contributed by atoms with E-state index < -0.39 is 5.25 Å². The SMILES string of the molecule is CC(Sc1nnc(-c2ccccc2)n1-c1ccc(F)cc1)C(=O)Nc1ccc2c(c1)OCCO2. The maximum atomic E-state index is 13.6. The minimum absolute atomic E-state index is 0.198. The Balaban J connectivity index is 1.39. The second kappa shape index (κ2) is 9.56. The van der Waals surface area contributed by atoms with Crippen molar-refractivity contribution in [3.05, 3.63) is 78.6 Å².